The summed E-state index contributed by atoms with van der Waals surface area (Å²) in [4.78, 5) is 25.5. The molecule has 1 heterocycles. The van der Waals surface area contributed by atoms with Crippen LogP contribution in [-0.2, 0) is 11.2 Å². The van der Waals surface area contributed by atoms with Gasteiger partial charge in [-0.15, -0.1) is 0 Å². The van der Waals surface area contributed by atoms with Crippen LogP contribution in [0.15, 0.2) is 36.4 Å². The van der Waals surface area contributed by atoms with Crippen LogP contribution in [0.1, 0.15) is 28.8 Å². The Balaban J connectivity index is 1.57. The predicted octanol–water partition coefficient (Wildman–Crippen LogP) is 3.90. The summed E-state index contributed by atoms with van der Waals surface area (Å²) in [6.07, 6.45) is 1.99. The second-order valence-electron chi connectivity index (χ2n) is 7.62. The van der Waals surface area contributed by atoms with Crippen molar-refractivity contribution in [2.45, 2.75) is 25.3 Å². The van der Waals surface area contributed by atoms with Crippen molar-refractivity contribution in [2.75, 3.05) is 33.4 Å². The molecular formula is C23H26Cl2N2O5. The molecule has 3 rings (SSSR count). The normalized spacial score (nSPS) is 14.7. The highest BCUT2D eigenvalue weighted by molar-refractivity contribution is 6.35. The number of halogens is 2. The molecule has 0 saturated carbocycles. The number of nitrogens with one attached hydrogen (secondary N) is 1. The van der Waals surface area contributed by atoms with Gasteiger partial charge >= 0.3 is 5.97 Å². The number of ether oxygens (including phenoxy) is 2. The van der Waals surface area contributed by atoms with Crippen molar-refractivity contribution in [3.8, 4) is 11.5 Å². The number of hydrogen-bond acceptors (Lipinski definition) is 5. The van der Waals surface area contributed by atoms with Gasteiger partial charge in [-0.25, -0.2) is 0 Å². The van der Waals surface area contributed by atoms with Crippen LogP contribution in [0, 0.1) is 0 Å². The van der Waals surface area contributed by atoms with E-state index in [2.05, 4.69) is 5.32 Å². The first kappa shape index (κ1) is 24.2. The van der Waals surface area contributed by atoms with Gasteiger partial charge < -0.3 is 19.9 Å². The summed E-state index contributed by atoms with van der Waals surface area (Å²) in [7, 11) is 1.54. The minimum atomic E-state index is -0.836. The Bertz CT molecular complexity index is 961. The molecule has 2 aromatic rings. The van der Waals surface area contributed by atoms with Gasteiger partial charge in [0.2, 0.25) is 0 Å². The van der Waals surface area contributed by atoms with Crippen molar-refractivity contribution < 1.29 is 24.2 Å². The van der Waals surface area contributed by atoms with Crippen LogP contribution in [-0.4, -0.2) is 61.3 Å². The van der Waals surface area contributed by atoms with Crippen LogP contribution in [0.2, 0.25) is 10.0 Å². The molecule has 0 radical (unpaired) electrons. The Kier molecular flexibility index (Phi) is 8.61. The zero-order valence-electron chi connectivity index (χ0n) is 17.8. The number of aliphatic carboxylic acids is 1. The monoisotopic (exact) mass is 480 g/mol. The van der Waals surface area contributed by atoms with Crippen molar-refractivity contribution in [2.24, 2.45) is 0 Å². The van der Waals surface area contributed by atoms with Crippen LogP contribution >= 0.6 is 23.2 Å². The smallest absolute Gasteiger partial charge is 0.317 e. The molecule has 1 amide bonds. The number of nitrogens with zero attached hydrogens (tertiary/aromatic N) is 1. The molecule has 1 fully saturated rings. The van der Waals surface area contributed by atoms with Gasteiger partial charge in [-0.3, -0.25) is 14.5 Å². The molecule has 2 N–H and O–H groups in total. The van der Waals surface area contributed by atoms with E-state index in [-0.39, 0.29) is 18.5 Å². The van der Waals surface area contributed by atoms with Crippen LogP contribution in [0.4, 0.5) is 0 Å². The Morgan fingerprint density at radius 1 is 1.12 bits per heavy atom. The van der Waals surface area contributed by atoms with Gasteiger partial charge in [-0.1, -0.05) is 29.3 Å². The second kappa shape index (κ2) is 11.4. The fourth-order valence-corrected chi connectivity index (χ4v) is 4.12. The maximum atomic E-state index is 12.8. The number of benzene rings is 2. The number of carbonyl (C=O) groups is 2. The number of piperidine rings is 1. The molecule has 172 valence electrons. The first-order valence-electron chi connectivity index (χ1n) is 10.4. The molecule has 0 atom stereocenters. The summed E-state index contributed by atoms with van der Waals surface area (Å²) in [5, 5.41) is 13.1. The van der Waals surface area contributed by atoms with Crippen LogP contribution in [0.3, 0.4) is 0 Å². The van der Waals surface area contributed by atoms with E-state index in [1.165, 1.54) is 0 Å². The molecule has 0 aliphatic carbocycles. The first-order chi connectivity index (χ1) is 15.4. The number of methoxy groups -OCH3 is 1. The van der Waals surface area contributed by atoms with Crippen LogP contribution in [0.5, 0.6) is 11.5 Å². The lowest BCUT2D eigenvalue weighted by molar-refractivity contribution is -0.138. The first-order valence-corrected chi connectivity index (χ1v) is 11.1. The van der Waals surface area contributed by atoms with E-state index < -0.39 is 5.97 Å². The highest BCUT2D eigenvalue weighted by Gasteiger charge is 2.22. The number of carboxylic acid groups (broad SMARTS) is 1. The third-order valence-corrected chi connectivity index (χ3v) is 5.94. The summed E-state index contributed by atoms with van der Waals surface area (Å²) in [6, 6.07) is 10.4. The molecule has 1 saturated heterocycles. The SMILES string of the molecule is COc1ccc(C(=O)NC2CCN(CC(=O)O)CC2)cc1OCCc1ccc(Cl)cc1Cl. The zero-order chi connectivity index (χ0) is 23.1. The van der Waals surface area contributed by atoms with Crippen LogP contribution < -0.4 is 14.8 Å². The van der Waals surface area contributed by atoms with E-state index in [0.717, 1.165) is 5.56 Å². The molecule has 32 heavy (non-hydrogen) atoms. The van der Waals surface area contributed by atoms with Gasteiger partial charge in [-0.2, -0.15) is 0 Å². The van der Waals surface area contributed by atoms with Crippen molar-refractivity contribution in [3.05, 3.63) is 57.6 Å². The predicted molar refractivity (Wildman–Crippen MR) is 123 cm³/mol. The number of rotatable bonds is 9. The fourth-order valence-electron chi connectivity index (χ4n) is 3.62. The van der Waals surface area contributed by atoms with Crippen LogP contribution in [0.25, 0.3) is 0 Å². The van der Waals surface area contributed by atoms with E-state index >= 15 is 0 Å². The fraction of sp³-hybridized carbons (Fsp3) is 0.391. The maximum absolute atomic E-state index is 12.8. The Hall–Kier alpha value is -2.48. The van der Waals surface area contributed by atoms with Crippen molar-refractivity contribution in [3.63, 3.8) is 0 Å². The average Bonchev–Trinajstić information content (AvgIpc) is 2.76. The number of amides is 1. The van der Waals surface area contributed by atoms with Gasteiger partial charge in [0.05, 0.1) is 20.3 Å². The van der Waals surface area contributed by atoms with Gasteiger partial charge in [-0.05, 0) is 48.7 Å². The third kappa shape index (κ3) is 6.76. The molecule has 1 aliphatic rings. The summed E-state index contributed by atoms with van der Waals surface area (Å²) in [5.41, 5.74) is 1.39. The minimum absolute atomic E-state index is 0.00561. The van der Waals surface area contributed by atoms with E-state index in [9.17, 15) is 9.59 Å². The van der Waals surface area contributed by atoms with Crippen molar-refractivity contribution >= 4 is 35.1 Å². The topological polar surface area (TPSA) is 88.1 Å². The Morgan fingerprint density at radius 3 is 2.53 bits per heavy atom. The largest absolute Gasteiger partial charge is 0.493 e. The summed E-state index contributed by atoms with van der Waals surface area (Å²) >= 11 is 12.1. The van der Waals surface area contributed by atoms with E-state index in [1.807, 2.05) is 11.0 Å². The van der Waals surface area contributed by atoms with E-state index in [4.69, 9.17) is 37.8 Å². The lowest BCUT2D eigenvalue weighted by Crippen LogP contribution is -2.45. The van der Waals surface area contributed by atoms with Crippen molar-refractivity contribution in [1.82, 2.24) is 10.2 Å². The molecule has 9 heteroatoms. The van der Waals surface area contributed by atoms with Gasteiger partial charge in [0, 0.05) is 41.2 Å². The molecule has 0 aromatic heterocycles. The standard InChI is InChI=1S/C23H26Cl2N2O5/c1-31-20-5-3-16(23(30)26-18-6-9-27(10-7-18)14-22(28)29)12-21(20)32-11-8-15-2-4-17(24)13-19(15)25/h2-5,12-13,18H,6-11,14H2,1H3,(H,26,30)(H,28,29). The highest BCUT2D eigenvalue weighted by Crippen LogP contribution is 2.29. The molecule has 2 aromatic carbocycles. The van der Waals surface area contributed by atoms with Crippen molar-refractivity contribution in [1.29, 1.82) is 0 Å². The second-order valence-corrected chi connectivity index (χ2v) is 8.46. The molecule has 0 bridgehead atoms. The molecule has 1 aliphatic heterocycles. The summed E-state index contributed by atoms with van der Waals surface area (Å²) < 4.78 is 11.3. The van der Waals surface area contributed by atoms with Gasteiger partial charge in [0.15, 0.2) is 11.5 Å². The molecular weight excluding hydrogens is 455 g/mol. The lowest BCUT2D eigenvalue weighted by atomic mass is 10.0. The van der Waals surface area contributed by atoms with E-state index in [1.54, 1.807) is 37.4 Å². The van der Waals surface area contributed by atoms with Gasteiger partial charge in [0.1, 0.15) is 0 Å². The highest BCUT2D eigenvalue weighted by atomic mass is 35.5. The van der Waals surface area contributed by atoms with E-state index in [0.29, 0.717) is 66.1 Å². The summed E-state index contributed by atoms with van der Waals surface area (Å²) in [5.74, 6) is -0.0289. The average molecular weight is 481 g/mol. The number of carbonyl (C=O) groups excluding carboxylic acids is 1. The minimum Gasteiger partial charge on any atom is -0.493 e. The molecule has 0 spiro atoms. The molecule has 7 nitrogen and oxygen atoms in total. The number of likely N-dealkylation sites (tertiary alicyclic amines) is 1. The Labute approximate surface area is 197 Å². The summed E-state index contributed by atoms with van der Waals surface area (Å²) in [6.45, 7) is 1.66. The number of carboxylic acids is 1. The van der Waals surface area contributed by atoms with Gasteiger partial charge in [0.25, 0.3) is 5.91 Å². The maximum Gasteiger partial charge on any atom is 0.317 e. The Morgan fingerprint density at radius 2 is 1.88 bits per heavy atom. The number of hydrogen-bond donors (Lipinski definition) is 2. The zero-order valence-corrected chi connectivity index (χ0v) is 19.3. The quantitative estimate of drug-likeness (QED) is 0.565. The lowest BCUT2D eigenvalue weighted by Gasteiger charge is -2.31. The third-order valence-electron chi connectivity index (χ3n) is 5.35. The molecule has 0 unspecified atom stereocenters.